The quantitative estimate of drug-likeness (QED) is 0.417. The Bertz CT molecular complexity index is 1120. The van der Waals surface area contributed by atoms with Gasteiger partial charge in [0.05, 0.1) is 35.3 Å². The van der Waals surface area contributed by atoms with Gasteiger partial charge in [-0.15, -0.1) is 0 Å². The van der Waals surface area contributed by atoms with Crippen molar-refractivity contribution in [2.24, 2.45) is 0 Å². The largest absolute Gasteiger partial charge is 0.439 e. The predicted octanol–water partition coefficient (Wildman–Crippen LogP) is 5.39. The molecule has 0 radical (unpaired) electrons. The van der Waals surface area contributed by atoms with E-state index in [1.807, 2.05) is 27.7 Å². The number of rotatable bonds is 10. The molecule has 1 aliphatic rings. The van der Waals surface area contributed by atoms with E-state index in [9.17, 15) is 13.9 Å². The van der Waals surface area contributed by atoms with Gasteiger partial charge >= 0.3 is 0 Å². The second-order valence-electron chi connectivity index (χ2n) is 10.1. The minimum absolute atomic E-state index is 0.249. The monoisotopic (exact) mass is 485 g/mol. The standard InChI is InChI=1S/C27H33F2N3O3/c1-18-25(16-31(21-11-12-21)15-23(33)17-34-27(2,3)4)26(35-24-13-7-20(29)8-14-24)32(30-18)22-9-5-19(28)6-10-22/h5-10,13-14,21,23,33H,11-12,15-17H2,1-4H3/t23-/m1/s1. The Labute approximate surface area is 205 Å². The molecule has 3 aromatic rings. The molecule has 1 saturated carbocycles. The van der Waals surface area contributed by atoms with Gasteiger partial charge in [0, 0.05) is 19.1 Å². The smallest absolute Gasteiger partial charge is 0.227 e. The van der Waals surface area contributed by atoms with E-state index in [1.165, 1.54) is 24.3 Å². The van der Waals surface area contributed by atoms with Crippen molar-refractivity contribution in [1.82, 2.24) is 14.7 Å². The average molecular weight is 486 g/mol. The Balaban J connectivity index is 1.63. The highest BCUT2D eigenvalue weighted by Crippen LogP contribution is 2.35. The first-order chi connectivity index (χ1) is 16.6. The lowest BCUT2D eigenvalue weighted by molar-refractivity contribution is -0.0573. The van der Waals surface area contributed by atoms with Gasteiger partial charge in [0.1, 0.15) is 17.4 Å². The number of ether oxygens (including phenoxy) is 2. The Hall–Kier alpha value is -2.81. The molecular formula is C27H33F2N3O3. The molecule has 8 heteroatoms. The molecule has 0 bridgehead atoms. The predicted molar refractivity (Wildman–Crippen MR) is 130 cm³/mol. The van der Waals surface area contributed by atoms with Crippen LogP contribution in [-0.2, 0) is 11.3 Å². The minimum Gasteiger partial charge on any atom is -0.439 e. The molecule has 1 fully saturated rings. The number of aliphatic hydroxyl groups is 1. The summed E-state index contributed by atoms with van der Waals surface area (Å²) in [6.45, 7) is 9.01. The number of nitrogens with zero attached hydrogens (tertiary/aromatic N) is 3. The fraction of sp³-hybridized carbons (Fsp3) is 0.444. The van der Waals surface area contributed by atoms with Crippen molar-refractivity contribution >= 4 is 0 Å². The van der Waals surface area contributed by atoms with Gasteiger partial charge in [-0.25, -0.2) is 13.5 Å². The van der Waals surface area contributed by atoms with Gasteiger partial charge in [0.2, 0.25) is 5.88 Å². The van der Waals surface area contributed by atoms with E-state index < -0.39 is 6.10 Å². The number of aromatic nitrogens is 2. The summed E-state index contributed by atoms with van der Waals surface area (Å²) in [5, 5.41) is 15.3. The van der Waals surface area contributed by atoms with E-state index in [4.69, 9.17) is 9.47 Å². The van der Waals surface area contributed by atoms with Crippen molar-refractivity contribution in [3.05, 3.63) is 71.4 Å². The molecule has 6 nitrogen and oxygen atoms in total. The van der Waals surface area contributed by atoms with Gasteiger partial charge in [-0.1, -0.05) is 0 Å². The van der Waals surface area contributed by atoms with Crippen LogP contribution in [0.2, 0.25) is 0 Å². The van der Waals surface area contributed by atoms with Gasteiger partial charge in [0.15, 0.2) is 0 Å². The van der Waals surface area contributed by atoms with Crippen molar-refractivity contribution in [3.8, 4) is 17.3 Å². The van der Waals surface area contributed by atoms with Crippen LogP contribution in [-0.4, -0.2) is 50.7 Å². The van der Waals surface area contributed by atoms with Crippen LogP contribution in [0.5, 0.6) is 11.6 Å². The molecule has 1 aromatic heterocycles. The molecule has 0 aliphatic heterocycles. The summed E-state index contributed by atoms with van der Waals surface area (Å²) in [5.74, 6) is 0.247. The number of hydrogen-bond donors (Lipinski definition) is 1. The fourth-order valence-corrected chi connectivity index (χ4v) is 3.85. The van der Waals surface area contributed by atoms with Crippen LogP contribution in [0.15, 0.2) is 48.5 Å². The molecule has 1 aliphatic carbocycles. The summed E-state index contributed by atoms with van der Waals surface area (Å²) in [6.07, 6.45) is 1.49. The summed E-state index contributed by atoms with van der Waals surface area (Å²) >= 11 is 0. The van der Waals surface area contributed by atoms with Crippen LogP contribution >= 0.6 is 0 Å². The maximum atomic E-state index is 13.6. The highest BCUT2D eigenvalue weighted by Gasteiger charge is 2.33. The molecule has 4 rings (SSSR count). The van der Waals surface area contributed by atoms with Crippen molar-refractivity contribution in [2.75, 3.05) is 13.2 Å². The average Bonchev–Trinajstić information content (AvgIpc) is 3.60. The SMILES string of the molecule is Cc1nn(-c2ccc(F)cc2)c(Oc2ccc(F)cc2)c1CN(C[C@@H](O)COC(C)(C)C)C1CC1. The summed E-state index contributed by atoms with van der Waals surface area (Å²) in [5.41, 5.74) is 1.94. The highest BCUT2D eigenvalue weighted by atomic mass is 19.1. The second kappa shape index (κ2) is 10.4. The molecule has 2 aromatic carbocycles. The Morgan fingerprint density at radius 1 is 1.06 bits per heavy atom. The zero-order valence-electron chi connectivity index (χ0n) is 20.7. The maximum absolute atomic E-state index is 13.6. The Morgan fingerprint density at radius 2 is 1.66 bits per heavy atom. The molecule has 0 amide bonds. The van der Waals surface area contributed by atoms with E-state index in [-0.39, 0.29) is 23.8 Å². The van der Waals surface area contributed by atoms with Gasteiger partial charge < -0.3 is 14.6 Å². The van der Waals surface area contributed by atoms with Gasteiger partial charge in [-0.05, 0) is 89.1 Å². The zero-order chi connectivity index (χ0) is 25.2. The lowest BCUT2D eigenvalue weighted by atomic mass is 10.2. The van der Waals surface area contributed by atoms with Crippen molar-refractivity contribution < 1.29 is 23.4 Å². The summed E-state index contributed by atoms with van der Waals surface area (Å²) in [6, 6.07) is 12.2. The number of halogens is 2. The molecule has 1 N–H and O–H groups in total. The molecule has 0 spiro atoms. The van der Waals surface area contributed by atoms with E-state index in [2.05, 4.69) is 10.00 Å². The normalized spacial score (nSPS) is 15.0. The molecule has 0 saturated heterocycles. The molecule has 1 atom stereocenters. The van der Waals surface area contributed by atoms with Crippen LogP contribution in [0.25, 0.3) is 5.69 Å². The first-order valence-electron chi connectivity index (χ1n) is 11.9. The topological polar surface area (TPSA) is 59.8 Å². The van der Waals surface area contributed by atoms with Crippen molar-refractivity contribution in [1.29, 1.82) is 0 Å². The first-order valence-corrected chi connectivity index (χ1v) is 11.9. The van der Waals surface area contributed by atoms with E-state index in [0.29, 0.717) is 36.4 Å². The third kappa shape index (κ3) is 6.87. The second-order valence-corrected chi connectivity index (χ2v) is 10.1. The maximum Gasteiger partial charge on any atom is 0.227 e. The van der Waals surface area contributed by atoms with Gasteiger partial charge in [0.25, 0.3) is 0 Å². The Kier molecular flexibility index (Phi) is 7.54. The van der Waals surface area contributed by atoms with E-state index >= 15 is 0 Å². The number of hydrogen-bond acceptors (Lipinski definition) is 5. The zero-order valence-corrected chi connectivity index (χ0v) is 20.7. The van der Waals surface area contributed by atoms with Crippen LogP contribution < -0.4 is 4.74 Å². The van der Waals surface area contributed by atoms with Crippen molar-refractivity contribution in [3.63, 3.8) is 0 Å². The highest BCUT2D eigenvalue weighted by molar-refractivity contribution is 5.43. The number of benzene rings is 2. The molecule has 35 heavy (non-hydrogen) atoms. The van der Waals surface area contributed by atoms with Gasteiger partial charge in [-0.2, -0.15) is 5.10 Å². The third-order valence-electron chi connectivity index (χ3n) is 5.82. The molecule has 188 valence electrons. The van der Waals surface area contributed by atoms with Crippen molar-refractivity contribution in [2.45, 2.75) is 64.8 Å². The third-order valence-corrected chi connectivity index (χ3v) is 5.82. The molecule has 1 heterocycles. The summed E-state index contributed by atoms with van der Waals surface area (Å²) in [4.78, 5) is 2.23. The Morgan fingerprint density at radius 3 is 2.23 bits per heavy atom. The van der Waals surface area contributed by atoms with Crippen LogP contribution in [0, 0.1) is 18.6 Å². The summed E-state index contributed by atoms with van der Waals surface area (Å²) in [7, 11) is 0. The van der Waals surface area contributed by atoms with Crippen LogP contribution in [0.4, 0.5) is 8.78 Å². The summed E-state index contributed by atoms with van der Waals surface area (Å²) < 4.78 is 40.7. The molecular weight excluding hydrogens is 452 g/mol. The first kappa shape index (κ1) is 25.3. The van der Waals surface area contributed by atoms with E-state index in [0.717, 1.165) is 24.1 Å². The number of aryl methyl sites for hydroxylation is 1. The lowest BCUT2D eigenvalue weighted by Gasteiger charge is -2.27. The van der Waals surface area contributed by atoms with Crippen LogP contribution in [0.3, 0.4) is 0 Å². The number of aliphatic hydroxyl groups excluding tert-OH is 1. The van der Waals surface area contributed by atoms with Crippen LogP contribution in [0.1, 0.15) is 44.9 Å². The van der Waals surface area contributed by atoms with E-state index in [1.54, 1.807) is 28.9 Å². The van der Waals surface area contributed by atoms with Gasteiger partial charge in [-0.3, -0.25) is 4.90 Å². The fourth-order valence-electron chi connectivity index (χ4n) is 3.85. The minimum atomic E-state index is -0.635. The molecule has 0 unspecified atom stereocenters. The lowest BCUT2D eigenvalue weighted by Crippen LogP contribution is -2.38.